The van der Waals surface area contributed by atoms with Gasteiger partial charge in [0.25, 0.3) is 11.1 Å². The predicted octanol–water partition coefficient (Wildman–Crippen LogP) is 2.79. The number of nitrogens with zero attached hydrogens (tertiary/aromatic N) is 2. The third-order valence-corrected chi connectivity index (χ3v) is 5.03. The highest BCUT2D eigenvalue weighted by atomic mass is 32.2. The van der Waals surface area contributed by atoms with Crippen molar-refractivity contribution in [2.24, 2.45) is 0 Å². The maximum absolute atomic E-state index is 12.5. The van der Waals surface area contributed by atoms with Crippen LogP contribution < -0.4 is 9.47 Å². The molecule has 2 saturated heterocycles. The lowest BCUT2D eigenvalue weighted by Gasteiger charge is -2.20. The zero-order valence-corrected chi connectivity index (χ0v) is 14.6. The third-order valence-electron chi connectivity index (χ3n) is 4.12. The molecular formula is C17H20N2O4S. The molecule has 0 bridgehead atoms. The lowest BCUT2D eigenvalue weighted by Crippen LogP contribution is -2.38. The Labute approximate surface area is 145 Å². The van der Waals surface area contributed by atoms with Gasteiger partial charge in [0.05, 0.1) is 25.8 Å². The Morgan fingerprint density at radius 1 is 1.12 bits per heavy atom. The summed E-state index contributed by atoms with van der Waals surface area (Å²) in [6.07, 6.45) is 3.96. The molecule has 0 spiro atoms. The van der Waals surface area contributed by atoms with Crippen molar-refractivity contribution >= 4 is 29.0 Å². The Balaban J connectivity index is 1.78. The van der Waals surface area contributed by atoms with Crippen molar-refractivity contribution in [1.29, 1.82) is 0 Å². The van der Waals surface area contributed by atoms with Crippen molar-refractivity contribution in [2.75, 3.05) is 34.0 Å². The molecule has 0 saturated carbocycles. The van der Waals surface area contributed by atoms with E-state index in [-0.39, 0.29) is 11.1 Å². The molecule has 2 amide bonds. The summed E-state index contributed by atoms with van der Waals surface area (Å²) >= 11 is 0.983. The average molecular weight is 348 g/mol. The quantitative estimate of drug-likeness (QED) is 0.763. The number of hydrogen-bond donors (Lipinski definition) is 0. The molecule has 0 aliphatic carbocycles. The van der Waals surface area contributed by atoms with Crippen LogP contribution in [0.3, 0.4) is 0 Å². The lowest BCUT2D eigenvalue weighted by atomic mass is 10.2. The van der Waals surface area contributed by atoms with Crippen LogP contribution in [0.15, 0.2) is 23.1 Å². The smallest absolute Gasteiger partial charge is 0.294 e. The number of rotatable bonds is 5. The van der Waals surface area contributed by atoms with Crippen LogP contribution in [0.2, 0.25) is 0 Å². The molecule has 2 heterocycles. The number of thioether (sulfide) groups is 1. The van der Waals surface area contributed by atoms with Gasteiger partial charge in [-0.05, 0) is 61.5 Å². The van der Waals surface area contributed by atoms with E-state index in [4.69, 9.17) is 9.47 Å². The van der Waals surface area contributed by atoms with Gasteiger partial charge in [-0.25, -0.2) is 0 Å². The molecule has 0 unspecified atom stereocenters. The summed E-state index contributed by atoms with van der Waals surface area (Å²) in [5, 5.41) is -0.210. The SMILES string of the molecule is COc1ccc(C=C2SC(=O)N(CN3CCCC3)C2=O)cc1OC. The molecule has 24 heavy (non-hydrogen) atoms. The monoisotopic (exact) mass is 348 g/mol. The van der Waals surface area contributed by atoms with Crippen molar-refractivity contribution < 1.29 is 19.1 Å². The topological polar surface area (TPSA) is 59.1 Å². The molecule has 1 aromatic carbocycles. The van der Waals surface area contributed by atoms with Crippen molar-refractivity contribution in [3.63, 3.8) is 0 Å². The van der Waals surface area contributed by atoms with Crippen molar-refractivity contribution in [3.8, 4) is 11.5 Å². The minimum atomic E-state index is -0.230. The van der Waals surface area contributed by atoms with E-state index in [1.165, 1.54) is 4.90 Å². The molecule has 3 rings (SSSR count). The molecule has 0 aromatic heterocycles. The van der Waals surface area contributed by atoms with Crippen molar-refractivity contribution in [2.45, 2.75) is 12.8 Å². The second kappa shape index (κ2) is 7.27. The number of amides is 2. The highest BCUT2D eigenvalue weighted by molar-refractivity contribution is 8.18. The molecule has 0 atom stereocenters. The van der Waals surface area contributed by atoms with Crippen molar-refractivity contribution in [3.05, 3.63) is 28.7 Å². The Hall–Kier alpha value is -1.99. The number of imide groups is 1. The number of likely N-dealkylation sites (tertiary alicyclic amines) is 1. The van der Waals surface area contributed by atoms with Crippen LogP contribution in [0.5, 0.6) is 11.5 Å². The summed E-state index contributed by atoms with van der Waals surface area (Å²) in [4.78, 5) is 28.6. The second-order valence-electron chi connectivity index (χ2n) is 5.69. The molecule has 2 aliphatic rings. The molecule has 6 nitrogen and oxygen atoms in total. The van der Waals surface area contributed by atoms with Gasteiger partial charge in [-0.2, -0.15) is 0 Å². The fourth-order valence-corrected chi connectivity index (χ4v) is 3.67. The van der Waals surface area contributed by atoms with Gasteiger partial charge >= 0.3 is 0 Å². The van der Waals surface area contributed by atoms with E-state index < -0.39 is 0 Å². The Kier molecular flexibility index (Phi) is 5.11. The Morgan fingerprint density at radius 3 is 2.50 bits per heavy atom. The van der Waals surface area contributed by atoms with Gasteiger partial charge in [-0.3, -0.25) is 19.4 Å². The first-order valence-electron chi connectivity index (χ1n) is 7.82. The van der Waals surface area contributed by atoms with E-state index in [0.717, 1.165) is 43.3 Å². The van der Waals surface area contributed by atoms with E-state index in [2.05, 4.69) is 4.90 Å². The number of carbonyl (C=O) groups is 2. The van der Waals surface area contributed by atoms with Crippen LogP contribution >= 0.6 is 11.8 Å². The molecule has 7 heteroatoms. The summed E-state index contributed by atoms with van der Waals surface area (Å²) in [6, 6.07) is 5.39. The molecule has 128 valence electrons. The zero-order chi connectivity index (χ0) is 17.1. The summed E-state index contributed by atoms with van der Waals surface area (Å²) in [6.45, 7) is 2.26. The standard InChI is InChI=1S/C17H20N2O4S/c1-22-13-6-5-12(9-14(13)23-2)10-15-16(20)19(17(21)24-15)11-18-7-3-4-8-18/h5-6,9-10H,3-4,7-8,11H2,1-2H3. The van der Waals surface area contributed by atoms with E-state index in [9.17, 15) is 9.59 Å². The van der Waals surface area contributed by atoms with Crippen LogP contribution in [0.4, 0.5) is 4.79 Å². The molecule has 1 aromatic rings. The number of carbonyl (C=O) groups excluding carboxylic acids is 2. The minimum Gasteiger partial charge on any atom is -0.493 e. The van der Waals surface area contributed by atoms with Crippen LogP contribution in [-0.4, -0.2) is 54.9 Å². The lowest BCUT2D eigenvalue weighted by molar-refractivity contribution is -0.124. The van der Waals surface area contributed by atoms with Gasteiger partial charge in [0.2, 0.25) is 0 Å². The van der Waals surface area contributed by atoms with Crippen LogP contribution in [0, 0.1) is 0 Å². The summed E-state index contributed by atoms with van der Waals surface area (Å²) in [7, 11) is 3.13. The number of benzene rings is 1. The van der Waals surface area contributed by atoms with E-state index in [1.54, 1.807) is 32.4 Å². The minimum absolute atomic E-state index is 0.210. The second-order valence-corrected chi connectivity index (χ2v) is 6.68. The molecule has 0 radical (unpaired) electrons. The molecule has 2 aliphatic heterocycles. The van der Waals surface area contributed by atoms with Gasteiger partial charge in [-0.1, -0.05) is 6.07 Å². The number of methoxy groups -OCH3 is 2. The fourth-order valence-electron chi connectivity index (χ4n) is 2.84. The van der Waals surface area contributed by atoms with Crippen LogP contribution in [0.1, 0.15) is 18.4 Å². The zero-order valence-electron chi connectivity index (χ0n) is 13.8. The maximum Gasteiger partial charge on any atom is 0.294 e. The Morgan fingerprint density at radius 2 is 1.83 bits per heavy atom. The van der Waals surface area contributed by atoms with Gasteiger partial charge in [0.1, 0.15) is 0 Å². The average Bonchev–Trinajstić information content (AvgIpc) is 3.19. The Bertz CT molecular complexity index is 683. The van der Waals surface area contributed by atoms with E-state index in [1.807, 2.05) is 6.07 Å². The number of ether oxygens (including phenoxy) is 2. The first kappa shape index (κ1) is 16.9. The van der Waals surface area contributed by atoms with E-state index >= 15 is 0 Å². The van der Waals surface area contributed by atoms with E-state index in [0.29, 0.717) is 23.1 Å². The largest absolute Gasteiger partial charge is 0.493 e. The fraction of sp³-hybridized carbons (Fsp3) is 0.412. The molecular weight excluding hydrogens is 328 g/mol. The molecule has 2 fully saturated rings. The normalized spacial score (nSPS) is 20.2. The summed E-state index contributed by atoms with van der Waals surface area (Å²) in [5.41, 5.74) is 0.791. The number of hydrogen-bond acceptors (Lipinski definition) is 6. The first-order chi connectivity index (χ1) is 11.6. The van der Waals surface area contributed by atoms with Gasteiger partial charge in [0, 0.05) is 0 Å². The predicted molar refractivity (Wildman–Crippen MR) is 93.0 cm³/mol. The maximum atomic E-state index is 12.5. The third kappa shape index (κ3) is 3.42. The molecule has 0 N–H and O–H groups in total. The van der Waals surface area contributed by atoms with Crippen LogP contribution in [-0.2, 0) is 4.79 Å². The van der Waals surface area contributed by atoms with Crippen LogP contribution in [0.25, 0.3) is 6.08 Å². The first-order valence-corrected chi connectivity index (χ1v) is 8.64. The van der Waals surface area contributed by atoms with Crippen molar-refractivity contribution in [1.82, 2.24) is 9.80 Å². The highest BCUT2D eigenvalue weighted by Crippen LogP contribution is 2.34. The van der Waals surface area contributed by atoms with Gasteiger partial charge in [0.15, 0.2) is 11.5 Å². The summed E-state index contributed by atoms with van der Waals surface area (Å²) in [5.74, 6) is 0.978. The van der Waals surface area contributed by atoms with Gasteiger partial charge < -0.3 is 9.47 Å². The van der Waals surface area contributed by atoms with Gasteiger partial charge in [-0.15, -0.1) is 0 Å². The highest BCUT2D eigenvalue weighted by Gasteiger charge is 2.36. The summed E-state index contributed by atoms with van der Waals surface area (Å²) < 4.78 is 10.5.